The van der Waals surface area contributed by atoms with E-state index in [0.29, 0.717) is 45.3 Å². The van der Waals surface area contributed by atoms with E-state index >= 15 is 0 Å². The lowest BCUT2D eigenvalue weighted by atomic mass is 10.1. The molecule has 0 radical (unpaired) electrons. The summed E-state index contributed by atoms with van der Waals surface area (Å²) in [5, 5.41) is 3.99. The van der Waals surface area contributed by atoms with Crippen molar-refractivity contribution in [3.63, 3.8) is 0 Å². The second kappa shape index (κ2) is 12.7. The number of rotatable bonds is 10. The van der Waals surface area contributed by atoms with E-state index in [1.165, 1.54) is 27.2 Å². The van der Waals surface area contributed by atoms with Crippen molar-refractivity contribution in [2.24, 2.45) is 0 Å². The molecule has 2 fully saturated rings. The van der Waals surface area contributed by atoms with Gasteiger partial charge in [-0.25, -0.2) is 8.42 Å². The van der Waals surface area contributed by atoms with Crippen molar-refractivity contribution in [3.8, 4) is 0 Å². The summed E-state index contributed by atoms with van der Waals surface area (Å²) >= 11 is 1.52. The Balaban J connectivity index is 1.32. The van der Waals surface area contributed by atoms with E-state index < -0.39 is 28.0 Å². The quantitative estimate of drug-likeness (QED) is 0.465. The van der Waals surface area contributed by atoms with Gasteiger partial charge in [-0.1, -0.05) is 37.3 Å². The summed E-state index contributed by atoms with van der Waals surface area (Å²) in [6, 6.07) is 11.9. The van der Waals surface area contributed by atoms with Crippen molar-refractivity contribution < 1.29 is 22.8 Å². The molecule has 0 spiro atoms. The topological polar surface area (TPSA) is 116 Å². The van der Waals surface area contributed by atoms with Gasteiger partial charge in [-0.15, -0.1) is 11.3 Å². The van der Waals surface area contributed by atoms with E-state index in [4.69, 9.17) is 0 Å². The Morgan fingerprint density at radius 1 is 1.08 bits per heavy atom. The molecule has 0 bridgehead atoms. The third-order valence-corrected chi connectivity index (χ3v) is 9.09. The van der Waals surface area contributed by atoms with Crippen LogP contribution in [0.5, 0.6) is 0 Å². The van der Waals surface area contributed by atoms with Crippen molar-refractivity contribution in [2.45, 2.75) is 57.7 Å². The Morgan fingerprint density at radius 2 is 1.84 bits per heavy atom. The monoisotopic (exact) mass is 558 g/mol. The number of piperidine rings is 1. The number of hydrogen-bond donors (Lipinski definition) is 2. The summed E-state index contributed by atoms with van der Waals surface area (Å²) in [6.07, 6.45) is 4.62. The molecule has 2 aliphatic rings. The summed E-state index contributed by atoms with van der Waals surface area (Å²) in [5.74, 6) is -0.933. The van der Waals surface area contributed by atoms with Crippen molar-refractivity contribution in [3.05, 3.63) is 63.2 Å². The van der Waals surface area contributed by atoms with Gasteiger partial charge in [0.25, 0.3) is 0 Å². The lowest BCUT2D eigenvalue weighted by molar-refractivity contribution is -0.145. The average molecular weight is 559 g/mol. The van der Waals surface area contributed by atoms with Crippen LogP contribution in [-0.4, -0.2) is 67.7 Å². The van der Waals surface area contributed by atoms with Gasteiger partial charge in [-0.05, 0) is 55.9 Å². The molecule has 2 aromatic rings. The van der Waals surface area contributed by atoms with Crippen LogP contribution in [0.3, 0.4) is 0 Å². The maximum atomic E-state index is 13.1. The van der Waals surface area contributed by atoms with Crippen LogP contribution in [0.25, 0.3) is 6.08 Å². The second-order valence-corrected chi connectivity index (χ2v) is 12.3. The molecular formula is C27H34N4O5S2. The molecule has 38 heavy (non-hydrogen) atoms. The molecule has 9 nitrogen and oxygen atoms in total. The first-order chi connectivity index (χ1) is 18.3. The Labute approximate surface area is 227 Å². The zero-order chi connectivity index (χ0) is 27.1. The first kappa shape index (κ1) is 28.0. The van der Waals surface area contributed by atoms with Gasteiger partial charge in [0.2, 0.25) is 27.7 Å². The predicted molar refractivity (Wildman–Crippen MR) is 147 cm³/mol. The number of carbonyl (C=O) groups excluding carboxylic acids is 3. The van der Waals surface area contributed by atoms with Crippen molar-refractivity contribution in [1.82, 2.24) is 19.8 Å². The Hall–Kier alpha value is -3.02. The van der Waals surface area contributed by atoms with Gasteiger partial charge in [0, 0.05) is 34.8 Å². The number of amides is 3. The van der Waals surface area contributed by atoms with E-state index in [-0.39, 0.29) is 18.4 Å². The minimum atomic E-state index is -3.85. The van der Waals surface area contributed by atoms with Crippen molar-refractivity contribution in [1.29, 1.82) is 0 Å². The Morgan fingerprint density at radius 3 is 2.58 bits per heavy atom. The lowest BCUT2D eigenvalue weighted by Crippen LogP contribution is -2.55. The normalized spacial score (nSPS) is 20.3. The maximum absolute atomic E-state index is 13.1. The van der Waals surface area contributed by atoms with Gasteiger partial charge >= 0.3 is 0 Å². The summed E-state index contributed by atoms with van der Waals surface area (Å²) in [7, 11) is -3.85. The van der Waals surface area contributed by atoms with Crippen LogP contribution in [0.15, 0.2) is 47.9 Å². The van der Waals surface area contributed by atoms with Crippen LogP contribution in [0.4, 0.5) is 0 Å². The second-order valence-electron chi connectivity index (χ2n) is 9.53. The number of benzene rings is 1. The highest BCUT2D eigenvalue weighted by molar-refractivity contribution is 7.92. The molecule has 4 rings (SSSR count). The number of nitrogens with zero attached hydrogens (tertiary/aromatic N) is 2. The molecule has 3 heterocycles. The van der Waals surface area contributed by atoms with E-state index in [0.717, 1.165) is 27.1 Å². The fraction of sp³-hybridized carbons (Fsp3) is 0.444. The first-order valence-electron chi connectivity index (χ1n) is 12.9. The van der Waals surface area contributed by atoms with Gasteiger partial charge in [-0.3, -0.25) is 14.4 Å². The summed E-state index contributed by atoms with van der Waals surface area (Å²) < 4.78 is 27.7. The molecule has 0 aliphatic carbocycles. The molecule has 1 aromatic carbocycles. The van der Waals surface area contributed by atoms with Gasteiger partial charge < -0.3 is 15.1 Å². The van der Waals surface area contributed by atoms with Crippen LogP contribution < -0.4 is 10.0 Å². The Bertz CT molecular complexity index is 1280. The zero-order valence-corrected chi connectivity index (χ0v) is 23.1. The van der Waals surface area contributed by atoms with Crippen LogP contribution in [-0.2, 0) is 37.4 Å². The van der Waals surface area contributed by atoms with Gasteiger partial charge in [-0.2, -0.15) is 4.72 Å². The standard InChI is InChI=1S/C27H34N4O5S2/c1-2-21-12-13-22(37-21)14-17-38(35,36)29-23-10-6-15-30(27(23)34)19-25(32)31-16-7-11-24(31)26(33)28-18-20-8-4-3-5-9-20/h3-5,8-9,12-14,17,23-24,29H,2,6-7,10-11,15-16,18-19H2,1H3,(H,28,33)/b17-14+/t23-,24+/m0/s1. The summed E-state index contributed by atoms with van der Waals surface area (Å²) in [6.45, 7) is 3.06. The third kappa shape index (κ3) is 7.30. The molecule has 2 atom stereocenters. The van der Waals surface area contributed by atoms with E-state index in [2.05, 4.69) is 10.0 Å². The molecule has 204 valence electrons. The molecule has 1 aromatic heterocycles. The van der Waals surface area contributed by atoms with Gasteiger partial charge in [0.1, 0.15) is 12.1 Å². The number of aryl methyl sites for hydroxylation is 1. The number of likely N-dealkylation sites (tertiary alicyclic amines) is 2. The van der Waals surface area contributed by atoms with Crippen LogP contribution >= 0.6 is 11.3 Å². The largest absolute Gasteiger partial charge is 0.350 e. The zero-order valence-electron chi connectivity index (χ0n) is 21.5. The minimum Gasteiger partial charge on any atom is -0.350 e. The smallest absolute Gasteiger partial charge is 0.243 e. The molecule has 0 unspecified atom stereocenters. The highest BCUT2D eigenvalue weighted by Gasteiger charge is 2.37. The van der Waals surface area contributed by atoms with Crippen molar-refractivity contribution >= 4 is 45.2 Å². The molecule has 2 aliphatic heterocycles. The number of nitrogens with one attached hydrogen (secondary N) is 2. The molecule has 11 heteroatoms. The van der Waals surface area contributed by atoms with Crippen LogP contribution in [0.2, 0.25) is 0 Å². The lowest BCUT2D eigenvalue weighted by Gasteiger charge is -2.33. The predicted octanol–water partition coefficient (Wildman–Crippen LogP) is 2.50. The molecule has 3 amide bonds. The fourth-order valence-electron chi connectivity index (χ4n) is 4.77. The van der Waals surface area contributed by atoms with E-state index in [1.54, 1.807) is 0 Å². The van der Waals surface area contributed by atoms with E-state index in [9.17, 15) is 22.8 Å². The molecular weight excluding hydrogens is 524 g/mol. The van der Waals surface area contributed by atoms with Gasteiger partial charge in [0.15, 0.2) is 0 Å². The maximum Gasteiger partial charge on any atom is 0.243 e. The first-order valence-corrected chi connectivity index (χ1v) is 15.3. The van der Waals surface area contributed by atoms with Crippen LogP contribution in [0.1, 0.15) is 47.9 Å². The third-order valence-electron chi connectivity index (χ3n) is 6.79. The Kier molecular flexibility index (Phi) is 9.35. The molecule has 2 N–H and O–H groups in total. The highest BCUT2D eigenvalue weighted by Crippen LogP contribution is 2.21. The van der Waals surface area contributed by atoms with E-state index in [1.807, 2.05) is 49.4 Å². The van der Waals surface area contributed by atoms with Gasteiger partial charge in [0.05, 0.1) is 6.54 Å². The summed E-state index contributed by atoms with van der Waals surface area (Å²) in [4.78, 5) is 43.9. The number of carbonyl (C=O) groups is 3. The fourth-order valence-corrected chi connectivity index (χ4v) is 6.73. The molecule has 2 saturated heterocycles. The average Bonchev–Trinajstić information content (AvgIpc) is 3.59. The minimum absolute atomic E-state index is 0.176. The highest BCUT2D eigenvalue weighted by atomic mass is 32.2. The summed E-state index contributed by atoms with van der Waals surface area (Å²) in [5.41, 5.74) is 0.972. The molecule has 0 saturated carbocycles. The SMILES string of the molecule is CCc1ccc(/C=C/S(=O)(=O)N[C@H]2CCCN(CC(=O)N3CCC[C@@H]3C(=O)NCc3ccccc3)C2=O)s1. The number of hydrogen-bond acceptors (Lipinski definition) is 6. The number of thiophene rings is 1. The van der Waals surface area contributed by atoms with Crippen LogP contribution in [0, 0.1) is 0 Å². The van der Waals surface area contributed by atoms with Crippen molar-refractivity contribution in [2.75, 3.05) is 19.6 Å². The number of sulfonamides is 1.